The van der Waals surface area contributed by atoms with Crippen LogP contribution in [0.25, 0.3) is 5.57 Å². The normalized spacial score (nSPS) is 18.6. The van der Waals surface area contributed by atoms with E-state index in [1.54, 1.807) is 6.92 Å². The number of hydrogen-bond donors (Lipinski definition) is 1. The van der Waals surface area contributed by atoms with Crippen LogP contribution in [0.15, 0.2) is 46.3 Å². The Labute approximate surface area is 179 Å². The van der Waals surface area contributed by atoms with Crippen LogP contribution < -0.4 is 5.43 Å². The number of aliphatic imine (C=N–C) groups is 1. The number of carbonyl (C=O) groups is 1. The van der Waals surface area contributed by atoms with Crippen LogP contribution in [0.2, 0.25) is 0 Å². The molecule has 3 rings (SSSR count). The molecule has 1 aliphatic heterocycles. The lowest BCUT2D eigenvalue weighted by molar-refractivity contribution is -0.128. The van der Waals surface area contributed by atoms with E-state index in [-0.39, 0.29) is 5.82 Å². The lowest BCUT2D eigenvalue weighted by Gasteiger charge is -2.38. The molecule has 6 heteroatoms. The Balaban J connectivity index is 0.000000575. The van der Waals surface area contributed by atoms with Gasteiger partial charge in [0.05, 0.1) is 6.61 Å². The highest BCUT2D eigenvalue weighted by molar-refractivity contribution is 6.12. The number of nitrogens with one attached hydrogen (secondary N) is 1. The number of benzene rings is 1. The maximum atomic E-state index is 13.4. The van der Waals surface area contributed by atoms with Crippen LogP contribution >= 0.6 is 0 Å². The van der Waals surface area contributed by atoms with Crippen molar-refractivity contribution in [2.24, 2.45) is 10.9 Å². The van der Waals surface area contributed by atoms with Crippen LogP contribution in [0.3, 0.4) is 0 Å². The molecule has 1 aliphatic carbocycles. The second-order valence-corrected chi connectivity index (χ2v) is 7.47. The number of hydrogen-bond acceptors (Lipinski definition) is 5. The summed E-state index contributed by atoms with van der Waals surface area (Å²) in [6.07, 6.45) is 9.19. The fourth-order valence-electron chi connectivity index (χ4n) is 3.87. The van der Waals surface area contributed by atoms with Crippen molar-refractivity contribution < 1.29 is 13.9 Å². The Bertz CT molecular complexity index is 778. The zero-order valence-corrected chi connectivity index (χ0v) is 18.6. The van der Waals surface area contributed by atoms with Crippen molar-refractivity contribution in [3.63, 3.8) is 0 Å². The first-order valence-corrected chi connectivity index (χ1v) is 10.8. The molecule has 30 heavy (non-hydrogen) atoms. The van der Waals surface area contributed by atoms with Crippen molar-refractivity contribution in [3.8, 4) is 0 Å². The highest BCUT2D eigenvalue weighted by Gasteiger charge is 2.30. The second kappa shape index (κ2) is 12.3. The number of nitrogens with zero attached hydrogens (tertiary/aromatic N) is 2. The summed E-state index contributed by atoms with van der Waals surface area (Å²) in [7, 11) is 1.95. The molecule has 0 bridgehead atoms. The smallest absolute Gasteiger partial charge is 0.293 e. The molecular formula is C24H34FN3O2. The van der Waals surface area contributed by atoms with Gasteiger partial charge in [-0.15, -0.1) is 0 Å². The highest BCUT2D eigenvalue weighted by atomic mass is 19.1. The molecule has 0 amide bonds. The van der Waals surface area contributed by atoms with Gasteiger partial charge < -0.3 is 4.74 Å². The molecule has 1 N–H and O–H groups in total. The average Bonchev–Trinajstić information content (AvgIpc) is 2.79. The summed E-state index contributed by atoms with van der Waals surface area (Å²) in [6, 6.07) is 6.77. The first-order chi connectivity index (χ1) is 14.6. The molecule has 0 atom stereocenters. The maximum Gasteiger partial charge on any atom is 0.293 e. The van der Waals surface area contributed by atoms with Gasteiger partial charge in [-0.05, 0) is 56.4 Å². The number of allylic oxidation sites excluding steroid dienone is 3. The Hall–Kier alpha value is -2.47. The van der Waals surface area contributed by atoms with Gasteiger partial charge in [-0.1, -0.05) is 38.3 Å². The first kappa shape index (κ1) is 23.8. The van der Waals surface area contributed by atoms with E-state index in [1.807, 2.05) is 25.4 Å². The second-order valence-electron chi connectivity index (χ2n) is 7.47. The Morgan fingerprint density at radius 2 is 1.90 bits per heavy atom. The van der Waals surface area contributed by atoms with E-state index in [0.29, 0.717) is 19.0 Å². The summed E-state index contributed by atoms with van der Waals surface area (Å²) in [5.41, 5.74) is 8.04. The van der Waals surface area contributed by atoms with E-state index in [4.69, 9.17) is 4.99 Å². The third kappa shape index (κ3) is 6.02. The lowest BCUT2D eigenvalue weighted by atomic mass is 9.83. The fourth-order valence-corrected chi connectivity index (χ4v) is 3.87. The van der Waals surface area contributed by atoms with Gasteiger partial charge in [0.1, 0.15) is 11.6 Å². The minimum atomic E-state index is -0.204. The third-order valence-corrected chi connectivity index (χ3v) is 5.56. The summed E-state index contributed by atoms with van der Waals surface area (Å²) >= 11 is 0. The van der Waals surface area contributed by atoms with Crippen molar-refractivity contribution in [3.05, 3.63) is 52.7 Å². The Morgan fingerprint density at radius 3 is 2.40 bits per heavy atom. The molecule has 1 heterocycles. The summed E-state index contributed by atoms with van der Waals surface area (Å²) in [5, 5.41) is 2.16. The van der Waals surface area contributed by atoms with Gasteiger partial charge in [0.25, 0.3) is 6.47 Å². The maximum absolute atomic E-state index is 13.4. The van der Waals surface area contributed by atoms with E-state index >= 15 is 0 Å². The van der Waals surface area contributed by atoms with Crippen molar-refractivity contribution in [2.45, 2.75) is 59.3 Å². The molecule has 1 aromatic carbocycles. The summed E-state index contributed by atoms with van der Waals surface area (Å²) < 4.78 is 17.5. The van der Waals surface area contributed by atoms with E-state index in [2.05, 4.69) is 29.0 Å². The molecule has 0 radical (unpaired) electrons. The molecule has 1 fully saturated rings. The Morgan fingerprint density at radius 1 is 1.23 bits per heavy atom. The lowest BCUT2D eigenvalue weighted by Crippen LogP contribution is -2.39. The van der Waals surface area contributed by atoms with E-state index in [0.717, 1.165) is 23.4 Å². The van der Waals surface area contributed by atoms with Gasteiger partial charge >= 0.3 is 0 Å². The van der Waals surface area contributed by atoms with Gasteiger partial charge in [-0.25, -0.2) is 14.8 Å². The number of ether oxygens (including phenoxy) is 1. The van der Waals surface area contributed by atoms with Crippen molar-refractivity contribution in [1.82, 2.24) is 10.4 Å². The van der Waals surface area contributed by atoms with Crippen LogP contribution in [0.1, 0.15) is 64.9 Å². The standard InChI is InChI=1S/C21H28FN3.C3H6O2/c1-4-15(2)21-24-14-19(16-10-12-18(22)13-11-16)20(25(21)23-3)17-8-6-5-7-9-17;1-2-5-3-4/h10-14,17,23H,4-9H2,1-3H3;3H,2H2,1H3/b21-15-;. The number of carbonyl (C=O) groups excluding carboxylic acids is 1. The molecule has 1 aromatic rings. The minimum absolute atomic E-state index is 0.204. The monoisotopic (exact) mass is 415 g/mol. The van der Waals surface area contributed by atoms with E-state index in [9.17, 15) is 9.18 Å². The van der Waals surface area contributed by atoms with E-state index < -0.39 is 0 Å². The molecule has 0 aromatic heterocycles. The van der Waals surface area contributed by atoms with Crippen LogP contribution in [0.5, 0.6) is 0 Å². The topological polar surface area (TPSA) is 53.9 Å². The van der Waals surface area contributed by atoms with E-state index in [1.165, 1.54) is 55.5 Å². The molecule has 5 nitrogen and oxygen atoms in total. The number of halogens is 1. The van der Waals surface area contributed by atoms with Crippen molar-refractivity contribution in [2.75, 3.05) is 13.7 Å². The van der Waals surface area contributed by atoms with Gasteiger partial charge in [0, 0.05) is 30.5 Å². The van der Waals surface area contributed by atoms with Gasteiger partial charge in [0.15, 0.2) is 0 Å². The predicted octanol–water partition coefficient (Wildman–Crippen LogP) is 5.46. The van der Waals surface area contributed by atoms with Gasteiger partial charge in [-0.2, -0.15) is 0 Å². The minimum Gasteiger partial charge on any atom is -0.468 e. The van der Waals surface area contributed by atoms with Crippen LogP contribution in [-0.2, 0) is 9.53 Å². The zero-order chi connectivity index (χ0) is 21.9. The number of hydrazine groups is 1. The summed E-state index contributed by atoms with van der Waals surface area (Å²) in [6.45, 7) is 6.96. The fraction of sp³-hybridized carbons (Fsp3) is 0.500. The molecule has 0 spiro atoms. The molecular weight excluding hydrogens is 381 g/mol. The van der Waals surface area contributed by atoms with Crippen LogP contribution in [-0.4, -0.2) is 31.4 Å². The molecule has 164 valence electrons. The Kier molecular flexibility index (Phi) is 9.74. The van der Waals surface area contributed by atoms with Gasteiger partial charge in [-0.3, -0.25) is 9.80 Å². The molecule has 0 unspecified atom stereocenters. The van der Waals surface area contributed by atoms with Crippen molar-refractivity contribution >= 4 is 18.3 Å². The summed E-state index contributed by atoms with van der Waals surface area (Å²) in [5.74, 6) is 1.30. The largest absolute Gasteiger partial charge is 0.468 e. The van der Waals surface area contributed by atoms with Crippen LogP contribution in [0, 0.1) is 11.7 Å². The quantitative estimate of drug-likeness (QED) is 0.627. The van der Waals surface area contributed by atoms with Crippen molar-refractivity contribution in [1.29, 1.82) is 0 Å². The molecule has 1 saturated carbocycles. The molecule has 0 saturated heterocycles. The third-order valence-electron chi connectivity index (χ3n) is 5.56. The van der Waals surface area contributed by atoms with Gasteiger partial charge in [0.2, 0.25) is 0 Å². The predicted molar refractivity (Wildman–Crippen MR) is 120 cm³/mol. The highest BCUT2D eigenvalue weighted by Crippen LogP contribution is 2.39. The first-order valence-electron chi connectivity index (χ1n) is 10.8. The SMILES string of the molecule is CC/C(C)=C1/N=CC(c2ccc(F)cc2)=C(C2CCCCC2)N1NC.CCOC=O. The zero-order valence-electron chi connectivity index (χ0n) is 18.6. The molecule has 2 aliphatic rings. The average molecular weight is 416 g/mol. The van der Waals surface area contributed by atoms with Crippen LogP contribution in [0.4, 0.5) is 4.39 Å². The number of rotatable bonds is 6. The summed E-state index contributed by atoms with van der Waals surface area (Å²) in [4.78, 5) is 13.9.